The van der Waals surface area contributed by atoms with Crippen molar-refractivity contribution in [2.75, 3.05) is 0 Å². The van der Waals surface area contributed by atoms with Gasteiger partial charge in [-0.3, -0.25) is 9.36 Å². The van der Waals surface area contributed by atoms with Gasteiger partial charge in [0.05, 0.1) is 12.0 Å². The maximum Gasteiger partial charge on any atom is 0.337 e. The van der Waals surface area contributed by atoms with Crippen molar-refractivity contribution >= 4 is 22.8 Å². The first-order chi connectivity index (χ1) is 12.1. The number of nitrogens with zero attached hydrogens (tertiary/aromatic N) is 4. The lowest BCUT2D eigenvalue weighted by Crippen LogP contribution is -2.40. The summed E-state index contributed by atoms with van der Waals surface area (Å²) in [5.41, 5.74) is 0.655. The summed E-state index contributed by atoms with van der Waals surface area (Å²) >= 11 is 6.10. The predicted octanol–water partition coefficient (Wildman–Crippen LogP) is 2.60. The molecule has 0 spiro atoms. The fraction of sp³-hybridized carbons (Fsp3) is 0.278. The van der Waals surface area contributed by atoms with Crippen LogP contribution in [0.25, 0.3) is 16.9 Å². The molecule has 0 atom stereocenters. The van der Waals surface area contributed by atoms with Crippen LogP contribution in [0.15, 0.2) is 52.8 Å². The first kappa shape index (κ1) is 15.9. The highest BCUT2D eigenvalue weighted by atomic mass is 35.5. The van der Waals surface area contributed by atoms with Crippen molar-refractivity contribution in [2.45, 2.75) is 25.9 Å². The third kappa shape index (κ3) is 2.72. The van der Waals surface area contributed by atoms with Crippen molar-refractivity contribution < 1.29 is 0 Å². The molecule has 0 N–H and O–H groups in total. The number of hydrogen-bond acceptors (Lipinski definition) is 3. The van der Waals surface area contributed by atoms with Gasteiger partial charge in [-0.05, 0) is 37.0 Å². The summed E-state index contributed by atoms with van der Waals surface area (Å²) in [5, 5.41) is 0.517. The molecule has 0 amide bonds. The van der Waals surface area contributed by atoms with Gasteiger partial charge in [-0.25, -0.2) is 14.3 Å². The van der Waals surface area contributed by atoms with Crippen LogP contribution in [-0.2, 0) is 13.1 Å². The van der Waals surface area contributed by atoms with E-state index in [1.807, 2.05) is 0 Å². The van der Waals surface area contributed by atoms with Crippen molar-refractivity contribution in [3.63, 3.8) is 0 Å². The average molecular weight is 357 g/mol. The zero-order valence-electron chi connectivity index (χ0n) is 13.6. The maximum absolute atomic E-state index is 13.1. The van der Waals surface area contributed by atoms with Crippen LogP contribution in [0.1, 0.15) is 12.8 Å². The first-order valence-electron chi connectivity index (χ1n) is 8.17. The minimum absolute atomic E-state index is 0.301. The maximum atomic E-state index is 13.1. The normalized spacial score (nSPS) is 14.1. The lowest BCUT2D eigenvalue weighted by atomic mass is 10.3. The molecule has 2 aromatic heterocycles. The zero-order valence-corrected chi connectivity index (χ0v) is 14.3. The van der Waals surface area contributed by atoms with Crippen LogP contribution in [0.5, 0.6) is 0 Å². The molecule has 7 heteroatoms. The molecule has 1 saturated carbocycles. The SMILES string of the molecule is C=CCn1cnc2c1c(=O)n(CC1CC1)c(=O)n2-c1cccc(Cl)c1. The van der Waals surface area contributed by atoms with Crippen LogP contribution in [0, 0.1) is 5.92 Å². The molecule has 6 nitrogen and oxygen atoms in total. The van der Waals surface area contributed by atoms with Gasteiger partial charge >= 0.3 is 5.69 Å². The summed E-state index contributed by atoms with van der Waals surface area (Å²) in [6.07, 6.45) is 5.36. The van der Waals surface area contributed by atoms with Gasteiger partial charge in [0.2, 0.25) is 0 Å². The summed E-state index contributed by atoms with van der Waals surface area (Å²) < 4.78 is 4.50. The van der Waals surface area contributed by atoms with E-state index < -0.39 is 0 Å². The number of fused-ring (bicyclic) bond motifs is 1. The molecule has 25 heavy (non-hydrogen) atoms. The molecule has 0 bridgehead atoms. The van der Waals surface area contributed by atoms with Crippen LogP contribution >= 0.6 is 11.6 Å². The Kier molecular flexibility index (Phi) is 3.84. The average Bonchev–Trinajstić information content (AvgIpc) is 3.32. The van der Waals surface area contributed by atoms with E-state index in [0.717, 1.165) is 12.8 Å². The lowest BCUT2D eigenvalue weighted by molar-refractivity contribution is 0.567. The van der Waals surface area contributed by atoms with Crippen molar-refractivity contribution in [3.8, 4) is 5.69 Å². The molecule has 1 aromatic carbocycles. The van der Waals surface area contributed by atoms with Gasteiger partial charge in [-0.15, -0.1) is 6.58 Å². The minimum atomic E-state index is -0.379. The topological polar surface area (TPSA) is 61.8 Å². The number of benzene rings is 1. The van der Waals surface area contributed by atoms with Gasteiger partial charge in [0.15, 0.2) is 11.2 Å². The highest BCUT2D eigenvalue weighted by molar-refractivity contribution is 6.30. The number of rotatable bonds is 5. The number of hydrogen-bond donors (Lipinski definition) is 0. The van der Waals surface area contributed by atoms with E-state index in [4.69, 9.17) is 11.6 Å². The number of allylic oxidation sites excluding steroid dienone is 1. The Hall–Kier alpha value is -2.60. The minimum Gasteiger partial charge on any atom is -0.321 e. The second-order valence-electron chi connectivity index (χ2n) is 6.31. The predicted molar refractivity (Wildman–Crippen MR) is 97.5 cm³/mol. The van der Waals surface area contributed by atoms with E-state index in [-0.39, 0.29) is 11.2 Å². The molecule has 1 aliphatic carbocycles. The van der Waals surface area contributed by atoms with Crippen molar-refractivity contribution in [3.05, 3.63) is 69.1 Å². The highest BCUT2D eigenvalue weighted by Crippen LogP contribution is 2.30. The Labute approximate surface area is 148 Å². The van der Waals surface area contributed by atoms with Crippen LogP contribution in [-0.4, -0.2) is 18.7 Å². The fourth-order valence-corrected chi connectivity index (χ4v) is 3.21. The number of imidazole rings is 1. The summed E-state index contributed by atoms with van der Waals surface area (Å²) in [4.78, 5) is 30.3. The third-order valence-corrected chi connectivity index (χ3v) is 4.67. The van der Waals surface area contributed by atoms with E-state index >= 15 is 0 Å². The second kappa shape index (κ2) is 6.04. The van der Waals surface area contributed by atoms with Gasteiger partial charge < -0.3 is 4.57 Å². The summed E-state index contributed by atoms with van der Waals surface area (Å²) in [5.74, 6) is 0.395. The largest absolute Gasteiger partial charge is 0.337 e. The highest BCUT2D eigenvalue weighted by Gasteiger charge is 2.26. The molecular formula is C18H17ClN4O2. The fourth-order valence-electron chi connectivity index (χ4n) is 3.02. The number of halogens is 1. The Bertz CT molecular complexity index is 1090. The molecule has 0 radical (unpaired) electrons. The van der Waals surface area contributed by atoms with Crippen LogP contribution < -0.4 is 11.2 Å². The van der Waals surface area contributed by atoms with Crippen molar-refractivity contribution in [1.29, 1.82) is 0 Å². The molecule has 1 fully saturated rings. The Morgan fingerprint density at radius 2 is 2.12 bits per heavy atom. The van der Waals surface area contributed by atoms with Crippen molar-refractivity contribution in [1.82, 2.24) is 18.7 Å². The molecule has 1 aliphatic rings. The summed E-state index contributed by atoms with van der Waals surface area (Å²) in [6.45, 7) is 4.60. The van der Waals surface area contributed by atoms with E-state index in [2.05, 4.69) is 11.6 Å². The monoisotopic (exact) mass is 356 g/mol. The molecule has 2 heterocycles. The smallest absolute Gasteiger partial charge is 0.321 e. The Balaban J connectivity index is 2.08. The third-order valence-electron chi connectivity index (χ3n) is 4.43. The Morgan fingerprint density at radius 3 is 2.80 bits per heavy atom. The molecule has 0 unspecified atom stereocenters. The first-order valence-corrected chi connectivity index (χ1v) is 8.55. The summed E-state index contributed by atoms with van der Waals surface area (Å²) in [7, 11) is 0. The molecule has 4 rings (SSSR count). The quantitative estimate of drug-likeness (QED) is 0.660. The van der Waals surface area contributed by atoms with Gasteiger partial charge in [0.25, 0.3) is 5.56 Å². The molecule has 0 saturated heterocycles. The van der Waals surface area contributed by atoms with Gasteiger partial charge in [-0.2, -0.15) is 0 Å². The van der Waals surface area contributed by atoms with Crippen LogP contribution in [0.3, 0.4) is 0 Å². The molecule has 3 aromatic rings. The van der Waals surface area contributed by atoms with E-state index in [0.29, 0.717) is 40.9 Å². The van der Waals surface area contributed by atoms with Gasteiger partial charge in [0, 0.05) is 18.1 Å². The lowest BCUT2D eigenvalue weighted by Gasteiger charge is -2.12. The standard InChI is InChI=1S/C18H17ClN4O2/c1-2-8-21-11-20-16-15(21)17(24)22(10-12-6-7-12)18(25)23(16)14-5-3-4-13(19)9-14/h2-5,9,11-12H,1,6-8,10H2. The Morgan fingerprint density at radius 1 is 1.32 bits per heavy atom. The van der Waals surface area contributed by atoms with Crippen molar-refractivity contribution in [2.24, 2.45) is 5.92 Å². The zero-order chi connectivity index (χ0) is 17.6. The van der Waals surface area contributed by atoms with E-state index in [1.165, 1.54) is 9.13 Å². The van der Waals surface area contributed by atoms with E-state index in [9.17, 15) is 9.59 Å². The van der Waals surface area contributed by atoms with Crippen LogP contribution in [0.4, 0.5) is 0 Å². The van der Waals surface area contributed by atoms with Crippen LogP contribution in [0.2, 0.25) is 5.02 Å². The molecular weight excluding hydrogens is 340 g/mol. The van der Waals surface area contributed by atoms with E-state index in [1.54, 1.807) is 41.2 Å². The van der Waals surface area contributed by atoms with Gasteiger partial charge in [0.1, 0.15) is 0 Å². The number of aromatic nitrogens is 4. The molecule has 0 aliphatic heterocycles. The summed E-state index contributed by atoms with van der Waals surface area (Å²) in [6, 6.07) is 6.99. The molecule has 128 valence electrons. The second-order valence-corrected chi connectivity index (χ2v) is 6.75. The van der Waals surface area contributed by atoms with Gasteiger partial charge in [-0.1, -0.05) is 23.7 Å².